The Morgan fingerprint density at radius 2 is 1.79 bits per heavy atom. The quantitative estimate of drug-likeness (QED) is 0.805. The largest absolute Gasteiger partial charge is 0.481 e. The first kappa shape index (κ1) is 15.0. The van der Waals surface area contributed by atoms with Crippen molar-refractivity contribution in [3.8, 4) is 0 Å². The fraction of sp³-hybridized carbons (Fsp3) is 0.385. The van der Waals surface area contributed by atoms with Crippen molar-refractivity contribution in [3.63, 3.8) is 0 Å². The number of carboxylic acid groups (broad SMARTS) is 1. The van der Waals surface area contributed by atoms with Gasteiger partial charge in [0, 0.05) is 25.8 Å². The smallest absolute Gasteiger partial charge is 0.324 e. The molecule has 0 aliphatic carbocycles. The van der Waals surface area contributed by atoms with E-state index < -0.39 is 5.97 Å². The van der Waals surface area contributed by atoms with Gasteiger partial charge in [-0.25, -0.2) is 4.79 Å². The summed E-state index contributed by atoms with van der Waals surface area (Å²) in [5, 5.41) is 17.6. The van der Waals surface area contributed by atoms with Crippen molar-refractivity contribution in [2.45, 2.75) is 6.42 Å². The lowest BCUT2D eigenvalue weighted by Crippen LogP contribution is -2.43. The van der Waals surface area contributed by atoms with Gasteiger partial charge in [-0.15, -0.1) is 0 Å². The van der Waals surface area contributed by atoms with Crippen molar-refractivity contribution in [1.29, 1.82) is 0 Å². The molecule has 0 heterocycles. The summed E-state index contributed by atoms with van der Waals surface area (Å²) in [6.45, 7) is 0.160. The van der Waals surface area contributed by atoms with Crippen LogP contribution in [0.5, 0.6) is 0 Å². The Morgan fingerprint density at radius 1 is 1.16 bits per heavy atom. The summed E-state index contributed by atoms with van der Waals surface area (Å²) in [4.78, 5) is 25.6. The van der Waals surface area contributed by atoms with E-state index in [9.17, 15) is 9.59 Å². The van der Waals surface area contributed by atoms with Crippen molar-refractivity contribution in [2.75, 3.05) is 31.6 Å². The van der Waals surface area contributed by atoms with Crippen LogP contribution in [0.3, 0.4) is 0 Å². The second-order valence-corrected chi connectivity index (χ2v) is 4.06. The third-order valence-electron chi connectivity index (χ3n) is 2.61. The van der Waals surface area contributed by atoms with Gasteiger partial charge in [0.05, 0.1) is 13.0 Å². The SMILES string of the molecule is CN(CCO)C(=O)N(CCC(=O)O)c1ccccc1. The molecule has 6 nitrogen and oxygen atoms in total. The maximum atomic E-state index is 12.2. The van der Waals surface area contributed by atoms with Gasteiger partial charge in [-0.2, -0.15) is 0 Å². The molecule has 0 atom stereocenters. The number of urea groups is 1. The second-order valence-electron chi connectivity index (χ2n) is 4.06. The zero-order chi connectivity index (χ0) is 14.3. The molecule has 0 aliphatic rings. The maximum Gasteiger partial charge on any atom is 0.324 e. The molecule has 0 aliphatic heterocycles. The predicted octanol–water partition coefficient (Wildman–Crippen LogP) is 1.01. The third-order valence-corrected chi connectivity index (χ3v) is 2.61. The fourth-order valence-corrected chi connectivity index (χ4v) is 1.60. The van der Waals surface area contributed by atoms with Crippen LogP contribution in [0.15, 0.2) is 30.3 Å². The molecule has 0 radical (unpaired) electrons. The molecular formula is C13H18N2O4. The van der Waals surface area contributed by atoms with Crippen LogP contribution in [0, 0.1) is 0 Å². The molecule has 0 unspecified atom stereocenters. The zero-order valence-electron chi connectivity index (χ0n) is 10.8. The van der Waals surface area contributed by atoms with Gasteiger partial charge in [-0.1, -0.05) is 18.2 Å². The number of aliphatic carboxylic acids is 1. The van der Waals surface area contributed by atoms with E-state index in [0.717, 1.165) is 0 Å². The molecular weight excluding hydrogens is 248 g/mol. The van der Waals surface area contributed by atoms with Gasteiger partial charge in [0.15, 0.2) is 0 Å². The average molecular weight is 266 g/mol. The molecule has 2 N–H and O–H groups in total. The van der Waals surface area contributed by atoms with Crippen LogP contribution in [0.4, 0.5) is 10.5 Å². The van der Waals surface area contributed by atoms with Gasteiger partial charge in [0.25, 0.3) is 0 Å². The molecule has 1 rings (SSSR count). The molecule has 0 aromatic heterocycles. The highest BCUT2D eigenvalue weighted by Gasteiger charge is 2.19. The number of amides is 2. The lowest BCUT2D eigenvalue weighted by atomic mass is 10.2. The summed E-state index contributed by atoms with van der Waals surface area (Å²) in [5.74, 6) is -0.960. The van der Waals surface area contributed by atoms with Gasteiger partial charge in [0.1, 0.15) is 0 Å². The van der Waals surface area contributed by atoms with Crippen LogP contribution in [-0.4, -0.2) is 53.9 Å². The van der Waals surface area contributed by atoms with Crippen molar-refractivity contribution in [3.05, 3.63) is 30.3 Å². The summed E-state index contributed by atoms with van der Waals surface area (Å²) in [5.41, 5.74) is 0.638. The Hall–Kier alpha value is -2.08. The molecule has 104 valence electrons. The summed E-state index contributed by atoms with van der Waals surface area (Å²) in [6.07, 6.45) is -0.131. The van der Waals surface area contributed by atoms with Crippen LogP contribution in [0.25, 0.3) is 0 Å². The van der Waals surface area contributed by atoms with E-state index in [4.69, 9.17) is 10.2 Å². The molecule has 19 heavy (non-hydrogen) atoms. The summed E-state index contributed by atoms with van der Waals surface area (Å²) < 4.78 is 0. The number of para-hydroxylation sites is 1. The normalized spacial score (nSPS) is 10.0. The topological polar surface area (TPSA) is 81.1 Å². The first-order valence-electron chi connectivity index (χ1n) is 5.96. The number of rotatable bonds is 6. The van der Waals surface area contributed by atoms with Crippen molar-refractivity contribution >= 4 is 17.7 Å². The Bertz CT molecular complexity index is 422. The van der Waals surface area contributed by atoms with E-state index in [-0.39, 0.29) is 32.1 Å². The number of benzene rings is 1. The summed E-state index contributed by atoms with van der Waals surface area (Å²) in [6, 6.07) is 8.53. The van der Waals surface area contributed by atoms with Crippen LogP contribution >= 0.6 is 0 Å². The Kier molecular flexibility index (Phi) is 5.81. The second kappa shape index (κ2) is 7.38. The molecule has 1 aromatic carbocycles. The average Bonchev–Trinajstić information content (AvgIpc) is 2.40. The maximum absolute atomic E-state index is 12.2. The van der Waals surface area contributed by atoms with Crippen LogP contribution in [-0.2, 0) is 4.79 Å². The molecule has 1 aromatic rings. The number of aliphatic hydroxyl groups is 1. The number of likely N-dealkylation sites (N-methyl/N-ethyl adjacent to an activating group) is 1. The van der Waals surface area contributed by atoms with Crippen molar-refractivity contribution < 1.29 is 19.8 Å². The minimum atomic E-state index is -0.960. The highest BCUT2D eigenvalue weighted by Crippen LogP contribution is 2.15. The van der Waals surface area contributed by atoms with Crippen LogP contribution < -0.4 is 4.90 Å². The molecule has 6 heteroatoms. The molecule has 0 spiro atoms. The van der Waals surface area contributed by atoms with E-state index in [1.807, 2.05) is 6.07 Å². The molecule has 2 amide bonds. The molecule has 0 saturated carbocycles. The van der Waals surface area contributed by atoms with E-state index in [2.05, 4.69) is 0 Å². The fourth-order valence-electron chi connectivity index (χ4n) is 1.60. The van der Waals surface area contributed by atoms with Crippen molar-refractivity contribution in [1.82, 2.24) is 4.90 Å². The van der Waals surface area contributed by atoms with Crippen molar-refractivity contribution in [2.24, 2.45) is 0 Å². The third kappa shape index (κ3) is 4.59. The number of nitrogens with zero attached hydrogens (tertiary/aromatic N) is 2. The number of carboxylic acids is 1. The van der Waals surface area contributed by atoms with Gasteiger partial charge in [0.2, 0.25) is 0 Å². The Labute approximate surface area is 111 Å². The van der Waals surface area contributed by atoms with Gasteiger partial charge < -0.3 is 15.1 Å². The first-order chi connectivity index (χ1) is 9.06. The molecule has 0 saturated heterocycles. The molecule has 0 fully saturated rings. The van der Waals surface area contributed by atoms with E-state index in [1.54, 1.807) is 31.3 Å². The number of anilines is 1. The highest BCUT2D eigenvalue weighted by atomic mass is 16.4. The van der Waals surface area contributed by atoms with Crippen LogP contribution in [0.2, 0.25) is 0 Å². The highest BCUT2D eigenvalue weighted by molar-refractivity contribution is 5.92. The lowest BCUT2D eigenvalue weighted by molar-refractivity contribution is -0.136. The number of aliphatic hydroxyl groups excluding tert-OH is 1. The zero-order valence-corrected chi connectivity index (χ0v) is 10.8. The summed E-state index contributed by atoms with van der Waals surface area (Å²) in [7, 11) is 1.56. The summed E-state index contributed by atoms with van der Waals surface area (Å²) >= 11 is 0. The Balaban J connectivity index is 2.86. The number of carbonyl (C=O) groups excluding carboxylic acids is 1. The van der Waals surface area contributed by atoms with Gasteiger partial charge in [-0.3, -0.25) is 9.69 Å². The number of hydrogen-bond acceptors (Lipinski definition) is 3. The van der Waals surface area contributed by atoms with Gasteiger partial charge >= 0.3 is 12.0 Å². The number of hydrogen-bond donors (Lipinski definition) is 2. The standard InChI is InChI=1S/C13H18N2O4/c1-14(9-10-16)13(19)15(8-7-12(17)18)11-5-3-2-4-6-11/h2-6,16H,7-10H2,1H3,(H,17,18). The Morgan fingerprint density at radius 3 is 2.32 bits per heavy atom. The van der Waals surface area contributed by atoms with Gasteiger partial charge in [-0.05, 0) is 12.1 Å². The predicted molar refractivity (Wildman–Crippen MR) is 71.2 cm³/mol. The van der Waals surface area contributed by atoms with Crippen LogP contribution in [0.1, 0.15) is 6.42 Å². The van der Waals surface area contributed by atoms with E-state index in [1.165, 1.54) is 9.80 Å². The minimum absolute atomic E-state index is 0.0912. The minimum Gasteiger partial charge on any atom is -0.481 e. The monoisotopic (exact) mass is 266 g/mol. The van der Waals surface area contributed by atoms with E-state index >= 15 is 0 Å². The first-order valence-corrected chi connectivity index (χ1v) is 5.96. The molecule has 0 bridgehead atoms. The lowest BCUT2D eigenvalue weighted by Gasteiger charge is -2.27. The van der Waals surface area contributed by atoms with E-state index in [0.29, 0.717) is 5.69 Å². The number of carbonyl (C=O) groups is 2.